The van der Waals surface area contributed by atoms with Gasteiger partial charge in [-0.1, -0.05) is 13.8 Å². The Morgan fingerprint density at radius 3 is 2.06 bits per heavy atom. The van der Waals surface area contributed by atoms with Crippen molar-refractivity contribution in [3.8, 4) is 0 Å². The molecule has 1 aromatic rings. The van der Waals surface area contributed by atoms with Gasteiger partial charge in [-0.3, -0.25) is 19.2 Å². The highest BCUT2D eigenvalue weighted by atomic mass is 16.4. The van der Waals surface area contributed by atoms with Crippen molar-refractivity contribution < 1.29 is 39.3 Å². The summed E-state index contributed by atoms with van der Waals surface area (Å²) in [5, 5.41) is 34.6. The summed E-state index contributed by atoms with van der Waals surface area (Å²) in [6.45, 7) is 4.86. The molecule has 5 atom stereocenters. The number of hydrogen-bond acceptors (Lipinski definition) is 8. The summed E-state index contributed by atoms with van der Waals surface area (Å²) in [4.78, 5) is 67.1. The first-order valence-electron chi connectivity index (χ1n) is 10.6. The third-order valence-electron chi connectivity index (χ3n) is 4.73. The Morgan fingerprint density at radius 2 is 1.59 bits per heavy atom. The van der Waals surface area contributed by atoms with E-state index in [9.17, 15) is 29.1 Å². The molecule has 0 aliphatic rings. The Labute approximate surface area is 195 Å². The van der Waals surface area contributed by atoms with Gasteiger partial charge < -0.3 is 42.0 Å². The minimum Gasteiger partial charge on any atom is -0.481 e. The molecule has 0 saturated heterocycles. The number of hydrogen-bond donors (Lipinski definition) is 8. The number of aromatic amines is 1. The number of rotatable bonds is 14. The molecule has 0 bridgehead atoms. The Hall–Kier alpha value is -3.52. The SMILES string of the molecule is CC(C)CC(N)C(=O)NC(Cc1cnc[nH]1)C(=O)NC(CC(=O)O)C(=O)NC(C(=O)O)C(C)O. The van der Waals surface area contributed by atoms with Crippen molar-refractivity contribution in [3.05, 3.63) is 18.2 Å². The number of imidazole rings is 1. The highest BCUT2D eigenvalue weighted by Crippen LogP contribution is 2.06. The fourth-order valence-corrected chi connectivity index (χ4v) is 3.02. The third-order valence-corrected chi connectivity index (χ3v) is 4.73. The number of carbonyl (C=O) groups excluding carboxylic acids is 3. The molecule has 14 heteroatoms. The van der Waals surface area contributed by atoms with Gasteiger partial charge in [-0.25, -0.2) is 9.78 Å². The van der Waals surface area contributed by atoms with E-state index in [0.717, 1.165) is 6.92 Å². The molecule has 1 heterocycles. The summed E-state index contributed by atoms with van der Waals surface area (Å²) in [5.74, 6) is -5.53. The smallest absolute Gasteiger partial charge is 0.328 e. The molecule has 0 fully saturated rings. The Morgan fingerprint density at radius 1 is 1.00 bits per heavy atom. The normalized spacial score (nSPS) is 15.5. The van der Waals surface area contributed by atoms with Crippen LogP contribution >= 0.6 is 0 Å². The predicted molar refractivity (Wildman–Crippen MR) is 117 cm³/mol. The largest absolute Gasteiger partial charge is 0.481 e. The average molecular weight is 485 g/mol. The van der Waals surface area contributed by atoms with Crippen molar-refractivity contribution in [1.82, 2.24) is 25.9 Å². The van der Waals surface area contributed by atoms with Crippen molar-refractivity contribution in [3.63, 3.8) is 0 Å². The molecule has 0 aliphatic heterocycles. The van der Waals surface area contributed by atoms with Crippen molar-refractivity contribution in [2.75, 3.05) is 0 Å². The van der Waals surface area contributed by atoms with Gasteiger partial charge in [-0.05, 0) is 19.3 Å². The minimum atomic E-state index is -1.73. The Bertz CT molecular complexity index is 857. The number of aromatic nitrogens is 2. The maximum Gasteiger partial charge on any atom is 0.328 e. The number of nitrogens with zero attached hydrogens (tertiary/aromatic N) is 1. The van der Waals surface area contributed by atoms with Crippen LogP contribution in [0.15, 0.2) is 12.5 Å². The number of carbonyl (C=O) groups is 5. The molecule has 0 saturated carbocycles. The molecular formula is C20H32N6O8. The topological polar surface area (TPSA) is 237 Å². The summed E-state index contributed by atoms with van der Waals surface area (Å²) >= 11 is 0. The van der Waals surface area contributed by atoms with Crippen molar-refractivity contribution in [1.29, 1.82) is 0 Å². The number of nitrogens with two attached hydrogens (primary N) is 1. The second-order valence-electron chi connectivity index (χ2n) is 8.30. The van der Waals surface area contributed by atoms with Crippen LogP contribution in [0.5, 0.6) is 0 Å². The molecule has 0 aliphatic carbocycles. The summed E-state index contributed by atoms with van der Waals surface area (Å²) in [5.41, 5.74) is 6.35. The second kappa shape index (κ2) is 13.3. The standard InChI is InChI=1S/C20H32N6O8/c1-9(2)4-12(21)17(30)24-13(5-11-7-22-8-23-11)18(31)25-14(6-15(28)29)19(32)26-16(10(3)27)20(33)34/h7-10,12-14,16,27H,4-6,21H2,1-3H3,(H,22,23)(H,24,30)(H,25,31)(H,26,32)(H,28,29)(H,33,34). The molecule has 1 rings (SSSR count). The van der Waals surface area contributed by atoms with Gasteiger partial charge in [0.25, 0.3) is 0 Å². The fraction of sp³-hybridized carbons (Fsp3) is 0.600. The molecule has 0 radical (unpaired) electrons. The molecule has 9 N–H and O–H groups in total. The number of aliphatic hydroxyl groups is 1. The predicted octanol–water partition coefficient (Wildman–Crippen LogP) is -2.28. The zero-order chi connectivity index (χ0) is 26.0. The zero-order valence-electron chi connectivity index (χ0n) is 19.1. The summed E-state index contributed by atoms with van der Waals surface area (Å²) in [6, 6.07) is -5.56. The van der Waals surface area contributed by atoms with E-state index in [1.807, 2.05) is 19.2 Å². The number of amides is 3. The summed E-state index contributed by atoms with van der Waals surface area (Å²) in [7, 11) is 0. The van der Waals surface area contributed by atoms with Gasteiger partial charge >= 0.3 is 11.9 Å². The van der Waals surface area contributed by atoms with Crippen LogP contribution in [0.2, 0.25) is 0 Å². The molecule has 5 unspecified atom stereocenters. The van der Waals surface area contributed by atoms with E-state index in [2.05, 4.69) is 20.6 Å². The van der Waals surface area contributed by atoms with Gasteiger partial charge in [0.15, 0.2) is 6.04 Å². The molecule has 1 aromatic heterocycles. The van der Waals surface area contributed by atoms with E-state index in [1.54, 1.807) is 0 Å². The molecule has 3 amide bonds. The average Bonchev–Trinajstić information content (AvgIpc) is 3.22. The molecule has 14 nitrogen and oxygen atoms in total. The maximum atomic E-state index is 13.0. The van der Waals surface area contributed by atoms with Crippen LogP contribution in [0.4, 0.5) is 0 Å². The van der Waals surface area contributed by atoms with Crippen LogP contribution in [0.3, 0.4) is 0 Å². The third kappa shape index (κ3) is 9.54. The Kier molecular flexibility index (Phi) is 11.1. The lowest BCUT2D eigenvalue weighted by atomic mass is 10.0. The molecular weight excluding hydrogens is 452 g/mol. The van der Waals surface area contributed by atoms with Crippen LogP contribution in [-0.2, 0) is 30.4 Å². The molecule has 34 heavy (non-hydrogen) atoms. The number of carboxylic acids is 2. The van der Waals surface area contributed by atoms with Crippen LogP contribution < -0.4 is 21.7 Å². The van der Waals surface area contributed by atoms with Gasteiger partial charge in [0.2, 0.25) is 17.7 Å². The lowest BCUT2D eigenvalue weighted by molar-refractivity contribution is -0.146. The number of nitrogens with one attached hydrogen (secondary N) is 4. The van der Waals surface area contributed by atoms with Crippen LogP contribution in [-0.4, -0.2) is 85.2 Å². The number of aliphatic carboxylic acids is 2. The zero-order valence-corrected chi connectivity index (χ0v) is 19.1. The van der Waals surface area contributed by atoms with E-state index in [1.165, 1.54) is 12.5 Å². The second-order valence-corrected chi connectivity index (χ2v) is 8.30. The molecule has 0 aromatic carbocycles. The van der Waals surface area contributed by atoms with Gasteiger partial charge in [-0.15, -0.1) is 0 Å². The summed E-state index contributed by atoms with van der Waals surface area (Å²) in [6.07, 6.45) is 0.698. The Balaban J connectivity index is 3.06. The summed E-state index contributed by atoms with van der Waals surface area (Å²) < 4.78 is 0. The fourth-order valence-electron chi connectivity index (χ4n) is 3.02. The number of aliphatic hydroxyl groups excluding tert-OH is 1. The highest BCUT2D eigenvalue weighted by molar-refractivity contribution is 5.95. The van der Waals surface area contributed by atoms with E-state index >= 15 is 0 Å². The quantitative estimate of drug-likeness (QED) is 0.141. The van der Waals surface area contributed by atoms with Crippen molar-refractivity contribution in [2.24, 2.45) is 11.7 Å². The van der Waals surface area contributed by atoms with Crippen molar-refractivity contribution in [2.45, 2.75) is 70.3 Å². The van der Waals surface area contributed by atoms with Gasteiger partial charge in [0.1, 0.15) is 12.1 Å². The first-order valence-corrected chi connectivity index (χ1v) is 10.6. The van der Waals surface area contributed by atoms with E-state index in [4.69, 9.17) is 15.9 Å². The van der Waals surface area contributed by atoms with E-state index in [-0.39, 0.29) is 12.3 Å². The molecule has 0 spiro atoms. The minimum absolute atomic E-state index is 0.0706. The van der Waals surface area contributed by atoms with Crippen molar-refractivity contribution >= 4 is 29.7 Å². The highest BCUT2D eigenvalue weighted by Gasteiger charge is 2.33. The lowest BCUT2D eigenvalue weighted by Gasteiger charge is -2.25. The first kappa shape index (κ1) is 28.5. The number of carboxylic acid groups (broad SMARTS) is 2. The van der Waals surface area contributed by atoms with Crippen LogP contribution in [0, 0.1) is 5.92 Å². The van der Waals surface area contributed by atoms with Crippen LogP contribution in [0.25, 0.3) is 0 Å². The van der Waals surface area contributed by atoms with E-state index in [0.29, 0.717) is 12.1 Å². The number of H-pyrrole nitrogens is 1. The monoisotopic (exact) mass is 484 g/mol. The van der Waals surface area contributed by atoms with Gasteiger partial charge in [-0.2, -0.15) is 0 Å². The van der Waals surface area contributed by atoms with Gasteiger partial charge in [0, 0.05) is 18.3 Å². The van der Waals surface area contributed by atoms with Crippen LogP contribution in [0.1, 0.15) is 39.3 Å². The lowest BCUT2D eigenvalue weighted by Crippen LogP contribution is -2.59. The maximum absolute atomic E-state index is 13.0. The first-order chi connectivity index (χ1) is 15.8. The molecule has 190 valence electrons. The van der Waals surface area contributed by atoms with Gasteiger partial charge in [0.05, 0.1) is 24.9 Å². The van der Waals surface area contributed by atoms with E-state index < -0.39 is 66.4 Å².